The molecule has 3 amide bonds. The molecular weight excluding hydrogens is 456 g/mol. The number of carbonyl (C=O) groups is 2. The summed E-state index contributed by atoms with van der Waals surface area (Å²) in [6, 6.07) is 14.2. The molecule has 1 aliphatic carbocycles. The maximum absolute atomic E-state index is 13.5. The van der Waals surface area contributed by atoms with Crippen LogP contribution in [0, 0.1) is 11.8 Å². The molecule has 2 N–H and O–H groups in total. The Kier molecular flexibility index (Phi) is 8.48. The number of fused-ring (bicyclic) bond motifs is 1. The first-order valence-electron chi connectivity index (χ1n) is 12.8. The van der Waals surface area contributed by atoms with Crippen molar-refractivity contribution in [2.24, 2.45) is 11.8 Å². The molecule has 2 aliphatic rings. The number of para-hydroxylation sites is 1. The molecule has 2 aromatic carbocycles. The van der Waals surface area contributed by atoms with Crippen LogP contribution in [0.1, 0.15) is 37.0 Å². The quantitative estimate of drug-likeness (QED) is 0.637. The highest BCUT2D eigenvalue weighted by Crippen LogP contribution is 2.32. The number of hydrogen-bond acceptors (Lipinski definition) is 5. The van der Waals surface area contributed by atoms with Crippen LogP contribution in [-0.4, -0.2) is 74.3 Å². The van der Waals surface area contributed by atoms with Gasteiger partial charge in [0.15, 0.2) is 0 Å². The lowest BCUT2D eigenvalue weighted by molar-refractivity contribution is 0.00994. The van der Waals surface area contributed by atoms with E-state index in [1.807, 2.05) is 30.3 Å². The highest BCUT2D eigenvalue weighted by atomic mass is 16.5. The number of benzene rings is 2. The molecule has 8 heteroatoms. The zero-order valence-electron chi connectivity index (χ0n) is 21.7. The van der Waals surface area contributed by atoms with Gasteiger partial charge in [-0.2, -0.15) is 0 Å². The molecule has 2 aromatic rings. The van der Waals surface area contributed by atoms with Crippen LogP contribution >= 0.6 is 0 Å². The zero-order chi connectivity index (χ0) is 25.7. The Morgan fingerprint density at radius 3 is 2.47 bits per heavy atom. The highest BCUT2D eigenvalue weighted by molar-refractivity contribution is 6.02. The maximum atomic E-state index is 13.5. The number of urea groups is 1. The van der Waals surface area contributed by atoms with Crippen LogP contribution < -0.4 is 15.4 Å². The molecule has 1 fully saturated rings. The number of nitrogens with zero attached hydrogens (tertiary/aromatic N) is 2. The Hall–Kier alpha value is -3.10. The molecule has 36 heavy (non-hydrogen) atoms. The predicted octanol–water partition coefficient (Wildman–Crippen LogP) is 4.55. The average molecular weight is 495 g/mol. The fourth-order valence-electron chi connectivity index (χ4n) is 4.63. The van der Waals surface area contributed by atoms with E-state index >= 15 is 0 Å². The van der Waals surface area contributed by atoms with Crippen molar-refractivity contribution in [3.05, 3.63) is 54.1 Å². The first kappa shape index (κ1) is 26.0. The monoisotopic (exact) mass is 494 g/mol. The number of ether oxygens (including phenoxy) is 2. The normalized spacial score (nSPS) is 23.6. The summed E-state index contributed by atoms with van der Waals surface area (Å²) in [4.78, 5) is 30.2. The highest BCUT2D eigenvalue weighted by Gasteiger charge is 2.31. The summed E-state index contributed by atoms with van der Waals surface area (Å²) in [5.74, 6) is 1.36. The lowest BCUT2D eigenvalue weighted by Crippen LogP contribution is -2.47. The summed E-state index contributed by atoms with van der Waals surface area (Å²) in [6.07, 6.45) is 2.49. The van der Waals surface area contributed by atoms with Gasteiger partial charge in [-0.1, -0.05) is 25.1 Å². The molecule has 1 heterocycles. The van der Waals surface area contributed by atoms with Gasteiger partial charge in [0.2, 0.25) is 0 Å². The van der Waals surface area contributed by atoms with Crippen LogP contribution in [0.5, 0.6) is 5.75 Å². The van der Waals surface area contributed by atoms with E-state index in [1.165, 1.54) is 12.8 Å². The third kappa shape index (κ3) is 6.77. The third-order valence-corrected chi connectivity index (χ3v) is 7.05. The molecule has 4 rings (SSSR count). The minimum absolute atomic E-state index is 0.0883. The number of anilines is 2. The summed E-state index contributed by atoms with van der Waals surface area (Å²) >= 11 is 0. The number of likely N-dealkylation sites (N-methyl/N-ethyl adjacent to an activating group) is 1. The molecule has 0 unspecified atom stereocenters. The van der Waals surface area contributed by atoms with Crippen molar-refractivity contribution in [3.8, 4) is 5.75 Å². The van der Waals surface area contributed by atoms with E-state index in [2.05, 4.69) is 29.4 Å². The minimum Gasteiger partial charge on any atom is -0.491 e. The van der Waals surface area contributed by atoms with E-state index < -0.39 is 0 Å². The smallest absolute Gasteiger partial charge is 0.323 e. The van der Waals surface area contributed by atoms with Gasteiger partial charge in [0.1, 0.15) is 12.4 Å². The largest absolute Gasteiger partial charge is 0.491 e. The van der Waals surface area contributed by atoms with Crippen LogP contribution in [0.25, 0.3) is 0 Å². The van der Waals surface area contributed by atoms with Gasteiger partial charge in [0.05, 0.1) is 11.7 Å². The number of carbonyl (C=O) groups excluding carboxylic acids is 2. The summed E-state index contributed by atoms with van der Waals surface area (Å²) in [5, 5.41) is 5.62. The van der Waals surface area contributed by atoms with Crippen LogP contribution in [0.3, 0.4) is 0 Å². The molecule has 3 atom stereocenters. The molecule has 0 radical (unpaired) electrons. The van der Waals surface area contributed by atoms with Crippen molar-refractivity contribution in [2.45, 2.75) is 38.8 Å². The number of amides is 3. The summed E-state index contributed by atoms with van der Waals surface area (Å²) in [6.45, 7) is 7.27. The third-order valence-electron chi connectivity index (χ3n) is 7.05. The van der Waals surface area contributed by atoms with E-state index in [9.17, 15) is 9.59 Å². The predicted molar refractivity (Wildman–Crippen MR) is 142 cm³/mol. The molecule has 1 aliphatic heterocycles. The molecule has 0 spiro atoms. The number of nitrogens with one attached hydrogen (secondary N) is 2. The van der Waals surface area contributed by atoms with E-state index in [1.54, 1.807) is 37.3 Å². The van der Waals surface area contributed by atoms with Crippen molar-refractivity contribution in [2.75, 3.05) is 51.0 Å². The van der Waals surface area contributed by atoms with Crippen LogP contribution in [0.2, 0.25) is 0 Å². The second-order valence-electron chi connectivity index (χ2n) is 10.2. The fraction of sp³-hybridized carbons (Fsp3) is 0.500. The lowest BCUT2D eigenvalue weighted by Gasteiger charge is -2.36. The molecule has 0 bridgehead atoms. The standard InChI is InChI=1S/C28H38N4O4/c1-19-15-32(16-21-10-11-21)20(2)18-36-25-13-12-23(30-28(34)29-22-8-6-5-7-9-22)14-24(25)27(33)31(3)17-26(19)35-4/h5-9,12-14,19-21,26H,10-11,15-18H2,1-4H3,(H2,29,30,34)/t19-,20-,26-/m1/s1. The van der Waals surface area contributed by atoms with Gasteiger partial charge in [-0.3, -0.25) is 9.69 Å². The Morgan fingerprint density at radius 2 is 1.78 bits per heavy atom. The van der Waals surface area contributed by atoms with E-state index in [0.717, 1.165) is 19.0 Å². The fourth-order valence-corrected chi connectivity index (χ4v) is 4.63. The van der Waals surface area contributed by atoms with Crippen molar-refractivity contribution in [1.82, 2.24) is 9.80 Å². The number of rotatable bonds is 5. The molecular formula is C28H38N4O4. The minimum atomic E-state index is -0.381. The van der Waals surface area contributed by atoms with E-state index in [-0.39, 0.29) is 30.0 Å². The van der Waals surface area contributed by atoms with Gasteiger partial charge >= 0.3 is 6.03 Å². The van der Waals surface area contributed by atoms with Gasteiger partial charge in [0.25, 0.3) is 5.91 Å². The van der Waals surface area contributed by atoms with Crippen LogP contribution in [0.4, 0.5) is 16.2 Å². The van der Waals surface area contributed by atoms with E-state index in [0.29, 0.717) is 35.8 Å². The first-order chi connectivity index (χ1) is 17.3. The molecule has 1 saturated carbocycles. The van der Waals surface area contributed by atoms with E-state index in [4.69, 9.17) is 9.47 Å². The molecule has 0 saturated heterocycles. The molecule has 194 valence electrons. The second-order valence-corrected chi connectivity index (χ2v) is 10.2. The number of methoxy groups -OCH3 is 1. The SMILES string of the molecule is CO[C@@H]1CN(C)C(=O)c2cc(NC(=O)Nc3ccccc3)ccc2OC[C@@H](C)N(CC2CC2)C[C@H]1C. The van der Waals surface area contributed by atoms with Gasteiger partial charge in [0, 0.05) is 51.2 Å². The summed E-state index contributed by atoms with van der Waals surface area (Å²) in [5.41, 5.74) is 1.61. The number of hydrogen-bond donors (Lipinski definition) is 2. The van der Waals surface area contributed by atoms with Crippen LogP contribution in [0.15, 0.2) is 48.5 Å². The maximum Gasteiger partial charge on any atom is 0.323 e. The lowest BCUT2D eigenvalue weighted by atomic mass is 10.0. The molecule has 8 nitrogen and oxygen atoms in total. The Balaban J connectivity index is 1.56. The van der Waals surface area contributed by atoms with Crippen molar-refractivity contribution >= 4 is 23.3 Å². The van der Waals surface area contributed by atoms with Crippen molar-refractivity contribution < 1.29 is 19.1 Å². The van der Waals surface area contributed by atoms with Crippen LogP contribution in [-0.2, 0) is 4.74 Å². The van der Waals surface area contributed by atoms with Gasteiger partial charge in [-0.15, -0.1) is 0 Å². The van der Waals surface area contributed by atoms with Gasteiger partial charge < -0.3 is 25.0 Å². The topological polar surface area (TPSA) is 83.1 Å². The Labute approximate surface area is 213 Å². The first-order valence-corrected chi connectivity index (χ1v) is 12.8. The van der Waals surface area contributed by atoms with Crippen molar-refractivity contribution in [3.63, 3.8) is 0 Å². The average Bonchev–Trinajstić information content (AvgIpc) is 3.69. The summed E-state index contributed by atoms with van der Waals surface area (Å²) < 4.78 is 12.1. The Bertz CT molecular complexity index is 1040. The van der Waals surface area contributed by atoms with Crippen molar-refractivity contribution in [1.29, 1.82) is 0 Å². The summed E-state index contributed by atoms with van der Waals surface area (Å²) in [7, 11) is 3.49. The molecule has 0 aromatic heterocycles. The van der Waals surface area contributed by atoms with Gasteiger partial charge in [-0.25, -0.2) is 4.79 Å². The zero-order valence-corrected chi connectivity index (χ0v) is 21.7. The Morgan fingerprint density at radius 1 is 1.06 bits per heavy atom. The van der Waals surface area contributed by atoms with Gasteiger partial charge in [-0.05, 0) is 61.9 Å². The second kappa shape index (κ2) is 11.8.